The Morgan fingerprint density at radius 3 is 2.68 bits per heavy atom. The van der Waals surface area contributed by atoms with Crippen molar-refractivity contribution < 1.29 is 9.53 Å². The summed E-state index contributed by atoms with van der Waals surface area (Å²) in [6.45, 7) is 4.18. The van der Waals surface area contributed by atoms with Crippen LogP contribution in [0.3, 0.4) is 0 Å². The van der Waals surface area contributed by atoms with Gasteiger partial charge in [0.1, 0.15) is 5.75 Å². The van der Waals surface area contributed by atoms with Gasteiger partial charge in [-0.15, -0.1) is 0 Å². The van der Waals surface area contributed by atoms with E-state index in [9.17, 15) is 4.79 Å². The third kappa shape index (κ3) is 3.47. The van der Waals surface area contributed by atoms with Crippen LogP contribution in [-0.4, -0.2) is 25.6 Å². The van der Waals surface area contributed by atoms with Crippen LogP contribution in [0.15, 0.2) is 24.3 Å². The van der Waals surface area contributed by atoms with E-state index in [0.717, 1.165) is 37.4 Å². The number of benzene rings is 1. The molecule has 0 spiro atoms. The number of hydrogen-bond donors (Lipinski definition) is 1. The fourth-order valence-corrected chi connectivity index (χ4v) is 2.25. The summed E-state index contributed by atoms with van der Waals surface area (Å²) >= 11 is 0. The molecular formula is C15H22N2O2. The van der Waals surface area contributed by atoms with Gasteiger partial charge in [0.25, 0.3) is 0 Å². The van der Waals surface area contributed by atoms with Gasteiger partial charge in [-0.3, -0.25) is 4.79 Å². The normalized spacial score (nSPS) is 18.9. The number of hydrogen-bond acceptors (Lipinski definition) is 3. The molecule has 1 unspecified atom stereocenters. The molecule has 1 fully saturated rings. The average molecular weight is 262 g/mol. The molecule has 2 rings (SSSR count). The van der Waals surface area contributed by atoms with Crippen LogP contribution in [0.25, 0.3) is 0 Å². The van der Waals surface area contributed by atoms with Crippen molar-refractivity contribution in [3.8, 4) is 5.75 Å². The quantitative estimate of drug-likeness (QED) is 0.799. The Morgan fingerprint density at radius 1 is 1.37 bits per heavy atom. The van der Waals surface area contributed by atoms with Gasteiger partial charge >= 0.3 is 0 Å². The molecule has 19 heavy (non-hydrogen) atoms. The number of amides is 1. The van der Waals surface area contributed by atoms with Crippen LogP contribution in [0, 0.1) is 5.92 Å². The summed E-state index contributed by atoms with van der Waals surface area (Å²) in [6, 6.07) is 7.73. The molecule has 0 saturated carbocycles. The maximum absolute atomic E-state index is 11.9. The molecular weight excluding hydrogens is 240 g/mol. The SMILES string of the molecule is CCCCOc1ccc(N2CC(CN)CC2=O)cc1. The van der Waals surface area contributed by atoms with Crippen molar-refractivity contribution >= 4 is 11.6 Å². The van der Waals surface area contributed by atoms with E-state index in [0.29, 0.717) is 13.0 Å². The molecule has 104 valence electrons. The molecule has 1 heterocycles. The van der Waals surface area contributed by atoms with Crippen LogP contribution in [-0.2, 0) is 4.79 Å². The van der Waals surface area contributed by atoms with E-state index in [1.807, 2.05) is 29.2 Å². The predicted molar refractivity (Wildman–Crippen MR) is 76.4 cm³/mol. The van der Waals surface area contributed by atoms with Gasteiger partial charge in [0.15, 0.2) is 0 Å². The summed E-state index contributed by atoms with van der Waals surface area (Å²) in [5.41, 5.74) is 6.56. The number of nitrogens with zero attached hydrogens (tertiary/aromatic N) is 1. The third-order valence-corrected chi connectivity index (χ3v) is 3.45. The van der Waals surface area contributed by atoms with Gasteiger partial charge in [-0.05, 0) is 43.1 Å². The van der Waals surface area contributed by atoms with Gasteiger partial charge in [-0.2, -0.15) is 0 Å². The van der Waals surface area contributed by atoms with E-state index in [-0.39, 0.29) is 11.8 Å². The van der Waals surface area contributed by atoms with Crippen molar-refractivity contribution in [2.45, 2.75) is 26.2 Å². The number of anilines is 1. The Labute approximate surface area is 114 Å². The summed E-state index contributed by atoms with van der Waals surface area (Å²) in [4.78, 5) is 13.7. The molecule has 2 N–H and O–H groups in total. The summed E-state index contributed by atoms with van der Waals surface area (Å²) < 4.78 is 5.61. The van der Waals surface area contributed by atoms with Crippen LogP contribution < -0.4 is 15.4 Å². The first-order valence-corrected chi connectivity index (χ1v) is 6.98. The second-order valence-electron chi connectivity index (χ2n) is 5.01. The lowest BCUT2D eigenvalue weighted by atomic mass is 10.1. The molecule has 1 saturated heterocycles. The van der Waals surface area contributed by atoms with E-state index in [1.165, 1.54) is 0 Å². The molecule has 0 aromatic heterocycles. The predicted octanol–water partition coefficient (Wildman–Crippen LogP) is 2.18. The van der Waals surface area contributed by atoms with Crippen LogP contribution >= 0.6 is 0 Å². The third-order valence-electron chi connectivity index (χ3n) is 3.45. The Bertz CT molecular complexity index is 417. The zero-order chi connectivity index (χ0) is 13.7. The first-order valence-electron chi connectivity index (χ1n) is 6.98. The van der Waals surface area contributed by atoms with Crippen LogP contribution in [0.5, 0.6) is 5.75 Å². The van der Waals surface area contributed by atoms with E-state index >= 15 is 0 Å². The largest absolute Gasteiger partial charge is 0.494 e. The van der Waals surface area contributed by atoms with Gasteiger partial charge in [0, 0.05) is 18.7 Å². The molecule has 1 aliphatic heterocycles. The van der Waals surface area contributed by atoms with Gasteiger partial charge in [-0.25, -0.2) is 0 Å². The summed E-state index contributed by atoms with van der Waals surface area (Å²) in [7, 11) is 0. The minimum absolute atomic E-state index is 0.162. The van der Waals surface area contributed by atoms with Crippen molar-refractivity contribution in [1.82, 2.24) is 0 Å². The van der Waals surface area contributed by atoms with Gasteiger partial charge < -0.3 is 15.4 Å². The maximum Gasteiger partial charge on any atom is 0.227 e. The Balaban J connectivity index is 1.96. The molecule has 0 radical (unpaired) electrons. The minimum atomic E-state index is 0.162. The van der Waals surface area contributed by atoms with E-state index in [2.05, 4.69) is 6.92 Å². The number of nitrogens with two attached hydrogens (primary N) is 1. The molecule has 1 aromatic rings. The Kier molecular flexibility index (Phi) is 4.80. The summed E-state index contributed by atoms with van der Waals surface area (Å²) in [5, 5.41) is 0. The number of rotatable bonds is 6. The Hall–Kier alpha value is -1.55. The maximum atomic E-state index is 11.9. The molecule has 1 aromatic carbocycles. The topological polar surface area (TPSA) is 55.6 Å². The molecule has 1 amide bonds. The highest BCUT2D eigenvalue weighted by Gasteiger charge is 2.29. The van der Waals surface area contributed by atoms with Crippen LogP contribution in [0.2, 0.25) is 0 Å². The summed E-state index contributed by atoms with van der Waals surface area (Å²) in [6.07, 6.45) is 2.75. The van der Waals surface area contributed by atoms with Crippen molar-refractivity contribution in [1.29, 1.82) is 0 Å². The lowest BCUT2D eigenvalue weighted by Crippen LogP contribution is -2.25. The van der Waals surface area contributed by atoms with E-state index < -0.39 is 0 Å². The highest BCUT2D eigenvalue weighted by atomic mass is 16.5. The molecule has 1 atom stereocenters. The smallest absolute Gasteiger partial charge is 0.227 e. The molecule has 0 bridgehead atoms. The van der Waals surface area contributed by atoms with Crippen LogP contribution in [0.1, 0.15) is 26.2 Å². The number of carbonyl (C=O) groups excluding carboxylic acids is 1. The zero-order valence-electron chi connectivity index (χ0n) is 11.5. The van der Waals surface area contributed by atoms with Gasteiger partial charge in [-0.1, -0.05) is 13.3 Å². The molecule has 4 heteroatoms. The highest BCUT2D eigenvalue weighted by molar-refractivity contribution is 5.95. The van der Waals surface area contributed by atoms with E-state index in [4.69, 9.17) is 10.5 Å². The van der Waals surface area contributed by atoms with Gasteiger partial charge in [0.05, 0.1) is 6.61 Å². The van der Waals surface area contributed by atoms with E-state index in [1.54, 1.807) is 0 Å². The highest BCUT2D eigenvalue weighted by Crippen LogP contribution is 2.26. The lowest BCUT2D eigenvalue weighted by molar-refractivity contribution is -0.117. The fourth-order valence-electron chi connectivity index (χ4n) is 2.25. The van der Waals surface area contributed by atoms with Crippen molar-refractivity contribution in [3.63, 3.8) is 0 Å². The number of ether oxygens (including phenoxy) is 1. The first-order chi connectivity index (χ1) is 9.24. The average Bonchev–Trinajstić information content (AvgIpc) is 2.81. The van der Waals surface area contributed by atoms with Gasteiger partial charge in [0.2, 0.25) is 5.91 Å². The van der Waals surface area contributed by atoms with Crippen LogP contribution in [0.4, 0.5) is 5.69 Å². The first kappa shape index (κ1) is 13.9. The second-order valence-corrected chi connectivity index (χ2v) is 5.01. The number of carbonyl (C=O) groups is 1. The minimum Gasteiger partial charge on any atom is -0.494 e. The zero-order valence-corrected chi connectivity index (χ0v) is 11.5. The summed E-state index contributed by atoms with van der Waals surface area (Å²) in [5.74, 6) is 1.31. The van der Waals surface area contributed by atoms with Crippen molar-refractivity contribution in [3.05, 3.63) is 24.3 Å². The fraction of sp³-hybridized carbons (Fsp3) is 0.533. The molecule has 0 aliphatic carbocycles. The standard InChI is InChI=1S/C15H22N2O2/c1-2-3-8-19-14-6-4-13(5-7-14)17-11-12(10-16)9-15(17)18/h4-7,12H,2-3,8-11,16H2,1H3. The molecule has 4 nitrogen and oxygen atoms in total. The lowest BCUT2D eigenvalue weighted by Gasteiger charge is -2.17. The Morgan fingerprint density at radius 2 is 2.11 bits per heavy atom. The van der Waals surface area contributed by atoms with Crippen molar-refractivity contribution in [2.24, 2.45) is 11.7 Å². The monoisotopic (exact) mass is 262 g/mol. The van der Waals surface area contributed by atoms with Crippen molar-refractivity contribution in [2.75, 3.05) is 24.6 Å². The second kappa shape index (κ2) is 6.57. The number of unbranched alkanes of at least 4 members (excludes halogenated alkanes) is 1. The molecule has 1 aliphatic rings.